The Kier molecular flexibility index (Phi) is 7.91. The van der Waals surface area contributed by atoms with Crippen molar-refractivity contribution in [2.24, 2.45) is 7.05 Å². The number of benzene rings is 2. The number of nitrogens with one attached hydrogen (secondary N) is 2. The molecule has 2 aromatic carbocycles. The average Bonchev–Trinajstić information content (AvgIpc) is 3.62. The van der Waals surface area contributed by atoms with Crippen LogP contribution in [0.25, 0.3) is 16.9 Å². The van der Waals surface area contributed by atoms with Crippen LogP contribution in [0.3, 0.4) is 0 Å². The fraction of sp³-hybridized carbons (Fsp3) is 0.321. The molecule has 0 radical (unpaired) electrons. The van der Waals surface area contributed by atoms with Crippen molar-refractivity contribution < 1.29 is 22.0 Å². The van der Waals surface area contributed by atoms with Crippen molar-refractivity contribution in [1.82, 2.24) is 29.8 Å². The van der Waals surface area contributed by atoms with E-state index in [1.807, 2.05) is 55.4 Å². The van der Waals surface area contributed by atoms with E-state index < -0.39 is 33.5 Å². The van der Waals surface area contributed by atoms with Gasteiger partial charge in [0.1, 0.15) is 21.3 Å². The number of sulfone groups is 1. The minimum Gasteiger partial charge on any atom is -0.333 e. The maximum absolute atomic E-state index is 14.1. The zero-order valence-corrected chi connectivity index (χ0v) is 23.7. The number of likely N-dealkylation sites (tertiary alicyclic amines) is 1. The number of aryl methyl sites for hydroxylation is 1. The third-order valence-electron chi connectivity index (χ3n) is 7.20. The zero-order valence-electron chi connectivity index (χ0n) is 22.9. The molecule has 0 spiro atoms. The molecule has 0 saturated carbocycles. The highest BCUT2D eigenvalue weighted by molar-refractivity contribution is 7.90. The highest BCUT2D eigenvalue weighted by atomic mass is 32.2. The van der Waals surface area contributed by atoms with Gasteiger partial charge in [-0.2, -0.15) is 10.2 Å². The lowest BCUT2D eigenvalue weighted by Gasteiger charge is -2.21. The lowest BCUT2D eigenvalue weighted by atomic mass is 9.94. The van der Waals surface area contributed by atoms with Crippen LogP contribution < -0.4 is 10.6 Å². The Morgan fingerprint density at radius 2 is 1.85 bits per heavy atom. The molecule has 0 unspecified atom stereocenters. The SMILES string of the molecule is Cc1c(-c2cnn(C)c2)nn(-c2ccccc2)c1NC(=O)N[C@@H]1CN(CCS(C)(=O)=O)C[C@H]1c1ccc(F)c(F)c1. The molecule has 1 saturated heterocycles. The topological polar surface area (TPSA) is 114 Å². The van der Waals surface area contributed by atoms with Crippen LogP contribution in [0.5, 0.6) is 0 Å². The molecule has 13 heteroatoms. The van der Waals surface area contributed by atoms with Crippen LogP contribution in [0.4, 0.5) is 19.4 Å². The van der Waals surface area contributed by atoms with Crippen molar-refractivity contribution in [3.63, 3.8) is 0 Å². The van der Waals surface area contributed by atoms with E-state index in [2.05, 4.69) is 15.7 Å². The summed E-state index contributed by atoms with van der Waals surface area (Å²) in [6, 6.07) is 12.0. The molecule has 2 aromatic heterocycles. The van der Waals surface area contributed by atoms with Gasteiger partial charge in [0.05, 0.1) is 23.7 Å². The third kappa shape index (κ3) is 6.46. The molecule has 2 N–H and O–H groups in total. The van der Waals surface area contributed by atoms with Gasteiger partial charge in [0.15, 0.2) is 11.6 Å². The molecule has 4 aromatic rings. The van der Waals surface area contributed by atoms with E-state index in [0.29, 0.717) is 30.2 Å². The van der Waals surface area contributed by atoms with Crippen molar-refractivity contribution in [3.05, 3.63) is 83.7 Å². The standard InChI is InChI=1S/C28H31F2N7O3S/c1-18-26(20-14-31-35(2)15-20)34-37(21-7-5-4-6-8-21)27(18)33-28(38)32-25-17-36(11-12-41(3,39)40)16-22(25)19-9-10-23(29)24(30)13-19/h4-10,13-15,22,25H,11-12,16-17H2,1-3H3,(H2,32,33,38)/t22-,25+/m0/s1. The molecule has 0 aliphatic carbocycles. The van der Waals surface area contributed by atoms with Gasteiger partial charge in [0.25, 0.3) is 0 Å². The summed E-state index contributed by atoms with van der Waals surface area (Å²) in [5.41, 5.74) is 3.44. The van der Waals surface area contributed by atoms with Gasteiger partial charge in [0.2, 0.25) is 0 Å². The highest BCUT2D eigenvalue weighted by Crippen LogP contribution is 2.31. The second kappa shape index (κ2) is 11.4. The van der Waals surface area contributed by atoms with E-state index in [4.69, 9.17) is 5.10 Å². The fourth-order valence-electron chi connectivity index (χ4n) is 5.12. The molecule has 1 aliphatic rings. The first-order valence-electron chi connectivity index (χ1n) is 13.0. The van der Waals surface area contributed by atoms with E-state index in [1.54, 1.807) is 15.6 Å². The predicted molar refractivity (Wildman–Crippen MR) is 152 cm³/mol. The molecule has 1 fully saturated rings. The predicted octanol–water partition coefficient (Wildman–Crippen LogP) is 3.49. The Morgan fingerprint density at radius 1 is 1.10 bits per heavy atom. The van der Waals surface area contributed by atoms with Crippen LogP contribution in [-0.4, -0.2) is 76.6 Å². The highest BCUT2D eigenvalue weighted by Gasteiger charge is 2.36. The van der Waals surface area contributed by atoms with Crippen LogP contribution >= 0.6 is 0 Å². The van der Waals surface area contributed by atoms with E-state index >= 15 is 0 Å². The number of urea groups is 1. The molecule has 10 nitrogen and oxygen atoms in total. The summed E-state index contributed by atoms with van der Waals surface area (Å²) in [6.45, 7) is 2.83. The van der Waals surface area contributed by atoms with Crippen molar-refractivity contribution >= 4 is 21.7 Å². The molecule has 41 heavy (non-hydrogen) atoms. The Labute approximate surface area is 236 Å². The number of hydrogen-bond acceptors (Lipinski definition) is 6. The number of amides is 2. The van der Waals surface area contributed by atoms with Crippen molar-refractivity contribution in [2.45, 2.75) is 18.9 Å². The molecule has 2 atom stereocenters. The van der Waals surface area contributed by atoms with Crippen LogP contribution in [0, 0.1) is 18.6 Å². The van der Waals surface area contributed by atoms with E-state index in [-0.39, 0.29) is 18.2 Å². The summed E-state index contributed by atoms with van der Waals surface area (Å²) < 4.78 is 54.6. The number of carbonyl (C=O) groups is 1. The second-order valence-corrected chi connectivity index (χ2v) is 12.6. The molecule has 216 valence electrons. The molecule has 2 amide bonds. The quantitative estimate of drug-likeness (QED) is 0.328. The van der Waals surface area contributed by atoms with Crippen LogP contribution in [0.15, 0.2) is 60.9 Å². The smallest absolute Gasteiger partial charge is 0.320 e. The molecule has 5 rings (SSSR count). The largest absolute Gasteiger partial charge is 0.333 e. The van der Waals surface area contributed by atoms with E-state index in [9.17, 15) is 22.0 Å². The van der Waals surface area contributed by atoms with Crippen LogP contribution in [0.1, 0.15) is 17.0 Å². The van der Waals surface area contributed by atoms with Gasteiger partial charge in [-0.25, -0.2) is 26.7 Å². The number of rotatable bonds is 8. The molecule has 3 heterocycles. The minimum absolute atomic E-state index is 0.0526. The summed E-state index contributed by atoms with van der Waals surface area (Å²) >= 11 is 0. The Balaban J connectivity index is 1.42. The van der Waals surface area contributed by atoms with E-state index in [1.165, 1.54) is 6.07 Å². The van der Waals surface area contributed by atoms with Crippen molar-refractivity contribution in [3.8, 4) is 16.9 Å². The van der Waals surface area contributed by atoms with Crippen LogP contribution in [0.2, 0.25) is 0 Å². The maximum atomic E-state index is 14.1. The first kappa shape index (κ1) is 28.4. The van der Waals surface area contributed by atoms with Crippen LogP contribution in [-0.2, 0) is 16.9 Å². The van der Waals surface area contributed by atoms with Crippen molar-refractivity contribution in [1.29, 1.82) is 0 Å². The van der Waals surface area contributed by atoms with Gasteiger partial charge in [-0.3, -0.25) is 14.9 Å². The zero-order chi connectivity index (χ0) is 29.3. The van der Waals surface area contributed by atoms with Gasteiger partial charge in [-0.15, -0.1) is 0 Å². The Hall–Kier alpha value is -4.10. The minimum atomic E-state index is -3.21. The number of aromatic nitrogens is 4. The first-order valence-corrected chi connectivity index (χ1v) is 15.1. The number of hydrogen-bond donors (Lipinski definition) is 2. The molecular formula is C28H31F2N7O3S. The summed E-state index contributed by atoms with van der Waals surface area (Å²) in [4.78, 5) is 15.3. The number of halogens is 2. The summed E-state index contributed by atoms with van der Waals surface area (Å²) in [6.07, 6.45) is 4.70. The second-order valence-electron chi connectivity index (χ2n) is 10.3. The number of nitrogens with zero attached hydrogens (tertiary/aromatic N) is 5. The van der Waals surface area contributed by atoms with Crippen molar-refractivity contribution in [2.75, 3.05) is 37.0 Å². The van der Waals surface area contributed by atoms with Gasteiger partial charge in [-0.1, -0.05) is 24.3 Å². The Morgan fingerprint density at radius 3 is 2.51 bits per heavy atom. The number of anilines is 1. The van der Waals surface area contributed by atoms with Gasteiger partial charge in [0, 0.05) is 56.2 Å². The molecule has 1 aliphatic heterocycles. The molecular weight excluding hydrogens is 552 g/mol. The maximum Gasteiger partial charge on any atom is 0.320 e. The normalized spacial score (nSPS) is 17.6. The first-order chi connectivity index (χ1) is 19.5. The average molecular weight is 584 g/mol. The van der Waals surface area contributed by atoms with Gasteiger partial charge >= 0.3 is 6.03 Å². The molecule has 0 bridgehead atoms. The third-order valence-corrected chi connectivity index (χ3v) is 8.12. The lowest BCUT2D eigenvalue weighted by molar-refractivity contribution is 0.247. The number of para-hydroxylation sites is 1. The summed E-state index contributed by atoms with van der Waals surface area (Å²) in [5, 5.41) is 14.9. The monoisotopic (exact) mass is 583 g/mol. The Bertz CT molecular complexity index is 1670. The summed E-state index contributed by atoms with van der Waals surface area (Å²) in [5.74, 6) is -1.92. The lowest BCUT2D eigenvalue weighted by Crippen LogP contribution is -2.42. The van der Waals surface area contributed by atoms with E-state index in [0.717, 1.165) is 35.2 Å². The van der Waals surface area contributed by atoms with Gasteiger partial charge in [-0.05, 0) is 36.8 Å². The fourth-order valence-corrected chi connectivity index (χ4v) is 5.71. The number of carbonyl (C=O) groups excluding carboxylic acids is 1. The summed E-state index contributed by atoms with van der Waals surface area (Å²) in [7, 11) is -1.40. The van der Waals surface area contributed by atoms with Gasteiger partial charge < -0.3 is 5.32 Å².